The summed E-state index contributed by atoms with van der Waals surface area (Å²) in [5, 5.41) is 1.18. The molecule has 4 heteroatoms. The zero-order chi connectivity index (χ0) is 15.3. The summed E-state index contributed by atoms with van der Waals surface area (Å²) in [6.07, 6.45) is 5.54. The van der Waals surface area contributed by atoms with Gasteiger partial charge in [0.25, 0.3) is 0 Å². The van der Waals surface area contributed by atoms with Crippen molar-refractivity contribution in [1.29, 1.82) is 0 Å². The second-order valence-corrected chi connectivity index (χ2v) is 6.78. The molecule has 2 aromatic carbocycles. The molecule has 0 unspecified atom stereocenters. The highest BCUT2D eigenvalue weighted by Crippen LogP contribution is 2.31. The van der Waals surface area contributed by atoms with Crippen LogP contribution in [0, 0.1) is 0 Å². The van der Waals surface area contributed by atoms with Crippen molar-refractivity contribution >= 4 is 34.2 Å². The van der Waals surface area contributed by atoms with E-state index in [0.717, 1.165) is 11.1 Å². The highest BCUT2D eigenvalue weighted by molar-refractivity contribution is 6.42. The fraction of sp³-hybridized carbons (Fsp3) is 0.278. The molecule has 0 saturated carbocycles. The number of halogens is 2. The van der Waals surface area contributed by atoms with Gasteiger partial charge in [-0.1, -0.05) is 29.3 Å². The molecule has 0 amide bonds. The van der Waals surface area contributed by atoms with Crippen LogP contribution >= 0.6 is 23.2 Å². The number of nitrogens with zero attached hydrogens (tertiary/aromatic N) is 2. The lowest BCUT2D eigenvalue weighted by atomic mass is 10.1. The van der Waals surface area contributed by atoms with Crippen LogP contribution in [0.3, 0.4) is 0 Å². The minimum atomic E-state index is 0.166. The van der Waals surface area contributed by atoms with E-state index in [4.69, 9.17) is 23.2 Å². The average Bonchev–Trinajstić information content (AvgIpc) is 3.12. The highest BCUT2D eigenvalue weighted by atomic mass is 35.5. The fourth-order valence-corrected chi connectivity index (χ4v) is 3.64. The Hall–Kier alpha value is -1.51. The van der Waals surface area contributed by atoms with Gasteiger partial charge in [-0.25, -0.2) is 4.98 Å². The van der Waals surface area contributed by atoms with Gasteiger partial charge < -0.3 is 4.57 Å². The maximum absolute atomic E-state index is 6.16. The van der Waals surface area contributed by atoms with Crippen LogP contribution in [0.25, 0.3) is 11.0 Å². The molecule has 0 N–H and O–H groups in total. The van der Waals surface area contributed by atoms with E-state index in [1.807, 2.05) is 24.5 Å². The predicted octanol–water partition coefficient (Wildman–Crippen LogP) is 5.44. The molecule has 0 spiro atoms. The van der Waals surface area contributed by atoms with E-state index in [0.29, 0.717) is 10.0 Å². The van der Waals surface area contributed by atoms with E-state index in [9.17, 15) is 0 Å². The number of hydrogen-bond donors (Lipinski definition) is 0. The predicted molar refractivity (Wildman–Crippen MR) is 92.0 cm³/mol. The summed E-state index contributed by atoms with van der Waals surface area (Å²) in [6, 6.07) is 10.5. The van der Waals surface area contributed by atoms with Crippen molar-refractivity contribution in [2.45, 2.75) is 32.2 Å². The quantitative estimate of drug-likeness (QED) is 0.611. The number of hydrogen-bond acceptors (Lipinski definition) is 1. The molecule has 2 nitrogen and oxygen atoms in total. The topological polar surface area (TPSA) is 17.8 Å². The summed E-state index contributed by atoms with van der Waals surface area (Å²) in [5.41, 5.74) is 6.33. The van der Waals surface area contributed by atoms with E-state index in [2.05, 4.69) is 28.6 Å². The molecule has 0 saturated heterocycles. The number of fused-ring (bicyclic) bond motifs is 2. The molecule has 1 atom stereocenters. The molecule has 1 heterocycles. The third kappa shape index (κ3) is 2.22. The molecule has 3 aromatic rings. The number of aromatic nitrogens is 2. The molecular weight excluding hydrogens is 315 g/mol. The summed E-state index contributed by atoms with van der Waals surface area (Å²) in [6.45, 7) is 2.16. The molecule has 0 aliphatic heterocycles. The van der Waals surface area contributed by atoms with Gasteiger partial charge in [0.15, 0.2) is 0 Å². The zero-order valence-corrected chi connectivity index (χ0v) is 13.8. The largest absolute Gasteiger partial charge is 0.323 e. The Morgan fingerprint density at radius 1 is 1.05 bits per heavy atom. The molecule has 0 bridgehead atoms. The lowest BCUT2D eigenvalue weighted by Crippen LogP contribution is -2.05. The molecule has 1 aromatic heterocycles. The summed E-state index contributed by atoms with van der Waals surface area (Å²) >= 11 is 12.2. The number of imidazole rings is 1. The van der Waals surface area contributed by atoms with Crippen molar-refractivity contribution in [3.8, 4) is 0 Å². The van der Waals surface area contributed by atoms with E-state index in [-0.39, 0.29) is 6.04 Å². The van der Waals surface area contributed by atoms with Crippen LogP contribution < -0.4 is 0 Å². The van der Waals surface area contributed by atoms with Gasteiger partial charge in [0.1, 0.15) is 0 Å². The maximum atomic E-state index is 6.16. The average molecular weight is 331 g/mol. The Morgan fingerprint density at radius 3 is 2.59 bits per heavy atom. The highest BCUT2D eigenvalue weighted by Gasteiger charge is 2.17. The SMILES string of the molecule is C[C@@H](c1ccc(Cl)c(Cl)c1)n1cnc2cc3c(cc21)CCC3. The molecule has 22 heavy (non-hydrogen) atoms. The lowest BCUT2D eigenvalue weighted by molar-refractivity contribution is 0.657. The Bertz CT molecular complexity index is 867. The Balaban J connectivity index is 1.81. The van der Waals surface area contributed by atoms with Gasteiger partial charge in [-0.15, -0.1) is 0 Å². The van der Waals surface area contributed by atoms with Gasteiger partial charge >= 0.3 is 0 Å². The van der Waals surface area contributed by atoms with E-state index < -0.39 is 0 Å². The minimum absolute atomic E-state index is 0.166. The number of rotatable bonds is 2. The molecule has 112 valence electrons. The van der Waals surface area contributed by atoms with Crippen LogP contribution in [0.1, 0.15) is 36.1 Å². The first-order chi connectivity index (χ1) is 10.6. The summed E-state index contributed by atoms with van der Waals surface area (Å²) < 4.78 is 2.22. The van der Waals surface area contributed by atoms with Gasteiger partial charge in [0, 0.05) is 0 Å². The molecule has 4 rings (SSSR count). The van der Waals surface area contributed by atoms with Crippen LogP contribution in [-0.4, -0.2) is 9.55 Å². The Kier molecular flexibility index (Phi) is 3.39. The van der Waals surface area contributed by atoms with Gasteiger partial charge in [0.05, 0.1) is 33.4 Å². The number of benzene rings is 2. The van der Waals surface area contributed by atoms with Crippen LogP contribution in [0.4, 0.5) is 0 Å². The van der Waals surface area contributed by atoms with Gasteiger partial charge in [-0.05, 0) is 67.1 Å². The Morgan fingerprint density at radius 2 is 1.82 bits per heavy atom. The van der Waals surface area contributed by atoms with Crippen molar-refractivity contribution in [2.24, 2.45) is 0 Å². The first-order valence-electron chi connectivity index (χ1n) is 7.57. The first kappa shape index (κ1) is 14.1. The van der Waals surface area contributed by atoms with Gasteiger partial charge in [0.2, 0.25) is 0 Å². The minimum Gasteiger partial charge on any atom is -0.323 e. The Labute approximate surface area is 139 Å². The van der Waals surface area contributed by atoms with Crippen LogP contribution in [0.2, 0.25) is 10.0 Å². The normalized spacial score (nSPS) is 15.2. The first-order valence-corrected chi connectivity index (χ1v) is 8.32. The monoisotopic (exact) mass is 330 g/mol. The van der Waals surface area contributed by atoms with E-state index >= 15 is 0 Å². The summed E-state index contributed by atoms with van der Waals surface area (Å²) in [5.74, 6) is 0. The van der Waals surface area contributed by atoms with E-state index in [1.165, 1.54) is 35.9 Å². The maximum Gasteiger partial charge on any atom is 0.0964 e. The molecule has 1 aliphatic rings. The molecule has 0 fully saturated rings. The summed E-state index contributed by atoms with van der Waals surface area (Å²) in [4.78, 5) is 4.59. The van der Waals surface area contributed by atoms with Gasteiger partial charge in [-0.2, -0.15) is 0 Å². The van der Waals surface area contributed by atoms with Crippen molar-refractivity contribution in [1.82, 2.24) is 9.55 Å². The zero-order valence-electron chi connectivity index (χ0n) is 12.3. The lowest BCUT2D eigenvalue weighted by Gasteiger charge is -2.16. The molecule has 0 radical (unpaired) electrons. The van der Waals surface area contributed by atoms with Crippen LogP contribution in [0.5, 0.6) is 0 Å². The third-order valence-electron chi connectivity index (χ3n) is 4.63. The molecule has 1 aliphatic carbocycles. The molecular formula is C18H16Cl2N2. The summed E-state index contributed by atoms with van der Waals surface area (Å²) in [7, 11) is 0. The smallest absolute Gasteiger partial charge is 0.0964 e. The fourth-order valence-electron chi connectivity index (χ4n) is 3.34. The van der Waals surface area contributed by atoms with Gasteiger partial charge in [-0.3, -0.25) is 0 Å². The number of aryl methyl sites for hydroxylation is 2. The van der Waals surface area contributed by atoms with Crippen molar-refractivity contribution in [2.75, 3.05) is 0 Å². The van der Waals surface area contributed by atoms with Crippen molar-refractivity contribution in [3.63, 3.8) is 0 Å². The third-order valence-corrected chi connectivity index (χ3v) is 5.37. The van der Waals surface area contributed by atoms with Crippen molar-refractivity contribution < 1.29 is 0 Å². The van der Waals surface area contributed by atoms with E-state index in [1.54, 1.807) is 0 Å². The van der Waals surface area contributed by atoms with Crippen LogP contribution in [0.15, 0.2) is 36.7 Å². The second kappa shape index (κ2) is 5.29. The van der Waals surface area contributed by atoms with Crippen LogP contribution in [-0.2, 0) is 12.8 Å². The standard InChI is InChI=1S/C18H16Cl2N2/c1-11(12-5-6-15(19)16(20)7-12)22-10-21-17-8-13-3-2-4-14(13)9-18(17)22/h5-11H,2-4H2,1H3/t11-/m0/s1. The second-order valence-electron chi connectivity index (χ2n) is 5.96. The van der Waals surface area contributed by atoms with Crippen molar-refractivity contribution in [3.05, 3.63) is 63.4 Å².